The van der Waals surface area contributed by atoms with Crippen LogP contribution in [0, 0.1) is 6.92 Å². The van der Waals surface area contributed by atoms with Gasteiger partial charge in [-0.3, -0.25) is 4.68 Å². The van der Waals surface area contributed by atoms with Gasteiger partial charge in [0.25, 0.3) is 0 Å². The first kappa shape index (κ1) is 13.6. The number of nitrogen functional groups attached to an aromatic ring is 1. The lowest BCUT2D eigenvalue weighted by atomic mass is 10.2. The third-order valence-electron chi connectivity index (χ3n) is 2.72. The predicted molar refractivity (Wildman–Crippen MR) is 72.8 cm³/mol. The fraction of sp³-hybridized carbons (Fsp3) is 0.250. The number of sulfonamides is 1. The molecule has 0 amide bonds. The number of benzene rings is 1. The second-order valence-corrected chi connectivity index (χ2v) is 6.00. The number of nitrogens with one attached hydrogen (secondary N) is 1. The van der Waals surface area contributed by atoms with Crippen molar-refractivity contribution in [2.45, 2.75) is 18.4 Å². The lowest BCUT2D eigenvalue weighted by Crippen LogP contribution is -2.25. The Morgan fingerprint density at radius 3 is 2.68 bits per heavy atom. The van der Waals surface area contributed by atoms with Gasteiger partial charge in [0, 0.05) is 13.2 Å². The van der Waals surface area contributed by atoms with Crippen LogP contribution in [0.15, 0.2) is 35.4 Å². The first-order chi connectivity index (χ1) is 8.90. The molecule has 0 aliphatic heterocycles. The summed E-state index contributed by atoms with van der Waals surface area (Å²) in [6.07, 6.45) is 1.76. The largest absolute Gasteiger partial charge is 0.398 e. The third-order valence-corrected chi connectivity index (χ3v) is 4.34. The predicted octanol–water partition coefficient (Wildman–Crippen LogP) is 0.789. The van der Waals surface area contributed by atoms with E-state index in [1.54, 1.807) is 49.1 Å². The lowest BCUT2D eigenvalue weighted by Gasteiger charge is -2.10. The van der Waals surface area contributed by atoms with Crippen LogP contribution in [-0.4, -0.2) is 18.2 Å². The van der Waals surface area contributed by atoms with Crippen LogP contribution in [0.25, 0.3) is 0 Å². The summed E-state index contributed by atoms with van der Waals surface area (Å²) >= 11 is 0. The summed E-state index contributed by atoms with van der Waals surface area (Å²) in [6.45, 7) is 1.85. The molecule has 102 valence electrons. The Bertz CT molecular complexity index is 671. The number of rotatable bonds is 4. The molecule has 19 heavy (non-hydrogen) atoms. The van der Waals surface area contributed by atoms with Gasteiger partial charge in [-0.2, -0.15) is 5.10 Å². The molecule has 0 fully saturated rings. The van der Waals surface area contributed by atoms with Gasteiger partial charge in [-0.05, 0) is 24.6 Å². The van der Waals surface area contributed by atoms with Crippen LogP contribution >= 0.6 is 0 Å². The van der Waals surface area contributed by atoms with E-state index in [0.717, 1.165) is 0 Å². The van der Waals surface area contributed by atoms with Gasteiger partial charge in [-0.15, -0.1) is 0 Å². The highest BCUT2D eigenvalue weighted by atomic mass is 32.2. The van der Waals surface area contributed by atoms with Gasteiger partial charge < -0.3 is 5.73 Å². The molecule has 0 aliphatic carbocycles. The van der Waals surface area contributed by atoms with Gasteiger partial charge in [-0.1, -0.05) is 12.1 Å². The molecule has 2 aromatic rings. The Hall–Kier alpha value is -1.86. The molecule has 0 bridgehead atoms. The zero-order valence-corrected chi connectivity index (χ0v) is 11.6. The Labute approximate surface area is 112 Å². The molecule has 0 unspecified atom stereocenters. The molecule has 1 heterocycles. The van der Waals surface area contributed by atoms with Crippen molar-refractivity contribution in [1.29, 1.82) is 0 Å². The summed E-state index contributed by atoms with van der Waals surface area (Å²) in [5, 5.41) is 4.11. The number of nitrogens with zero attached hydrogens (tertiary/aromatic N) is 2. The van der Waals surface area contributed by atoms with Crippen LogP contribution in [0.4, 0.5) is 5.69 Å². The van der Waals surface area contributed by atoms with Crippen molar-refractivity contribution in [3.05, 3.63) is 41.7 Å². The van der Waals surface area contributed by atoms with E-state index in [1.807, 2.05) is 0 Å². The summed E-state index contributed by atoms with van der Waals surface area (Å²) in [5.41, 5.74) is 7.26. The summed E-state index contributed by atoms with van der Waals surface area (Å²) in [6, 6.07) is 6.76. The Morgan fingerprint density at radius 1 is 1.37 bits per heavy atom. The molecule has 6 nitrogen and oxygen atoms in total. The first-order valence-electron chi connectivity index (χ1n) is 5.73. The molecule has 0 atom stereocenters. The standard InChI is InChI=1S/C12H16N4O2S/c1-9-4-3-5-11(13)12(9)19(17,18)14-8-10-6-7-16(2)15-10/h3-7,14H,8,13H2,1-2H3. The molecule has 1 aromatic heterocycles. The molecule has 2 rings (SSSR count). The van der Waals surface area contributed by atoms with Crippen LogP contribution in [0.5, 0.6) is 0 Å². The van der Waals surface area contributed by atoms with Crippen LogP contribution < -0.4 is 10.5 Å². The fourth-order valence-corrected chi connectivity index (χ4v) is 3.19. The van der Waals surface area contributed by atoms with E-state index in [9.17, 15) is 8.42 Å². The Balaban J connectivity index is 2.23. The van der Waals surface area contributed by atoms with Crippen LogP contribution in [0.2, 0.25) is 0 Å². The molecular formula is C12H16N4O2S. The number of anilines is 1. The van der Waals surface area contributed by atoms with Gasteiger partial charge in [0.1, 0.15) is 4.90 Å². The first-order valence-corrected chi connectivity index (χ1v) is 7.22. The average molecular weight is 280 g/mol. The quantitative estimate of drug-likeness (QED) is 0.810. The van der Waals surface area contributed by atoms with Gasteiger partial charge in [0.15, 0.2) is 0 Å². The monoisotopic (exact) mass is 280 g/mol. The minimum Gasteiger partial charge on any atom is -0.398 e. The summed E-state index contributed by atoms with van der Waals surface area (Å²) in [7, 11) is -1.86. The molecule has 7 heteroatoms. The van der Waals surface area contributed by atoms with E-state index in [0.29, 0.717) is 11.3 Å². The van der Waals surface area contributed by atoms with E-state index in [-0.39, 0.29) is 17.1 Å². The second kappa shape index (κ2) is 5.02. The maximum Gasteiger partial charge on any atom is 0.243 e. The lowest BCUT2D eigenvalue weighted by molar-refractivity contribution is 0.579. The highest BCUT2D eigenvalue weighted by Crippen LogP contribution is 2.22. The maximum absolute atomic E-state index is 12.2. The smallest absolute Gasteiger partial charge is 0.243 e. The third kappa shape index (κ3) is 2.94. The Morgan fingerprint density at radius 2 is 2.11 bits per heavy atom. The van der Waals surface area contributed by atoms with E-state index < -0.39 is 10.0 Å². The minimum atomic E-state index is -3.63. The molecule has 0 spiro atoms. The highest BCUT2D eigenvalue weighted by molar-refractivity contribution is 7.89. The number of aryl methyl sites for hydroxylation is 2. The van der Waals surface area contributed by atoms with Crippen molar-refractivity contribution in [1.82, 2.24) is 14.5 Å². The number of hydrogen-bond acceptors (Lipinski definition) is 4. The zero-order valence-electron chi connectivity index (χ0n) is 10.8. The van der Waals surface area contributed by atoms with Gasteiger partial charge >= 0.3 is 0 Å². The normalized spacial score (nSPS) is 11.7. The fourth-order valence-electron chi connectivity index (χ4n) is 1.84. The van der Waals surface area contributed by atoms with Crippen molar-refractivity contribution in [2.24, 2.45) is 7.05 Å². The topological polar surface area (TPSA) is 90.0 Å². The molecule has 3 N–H and O–H groups in total. The SMILES string of the molecule is Cc1cccc(N)c1S(=O)(=O)NCc1ccn(C)n1. The molecule has 1 aromatic carbocycles. The van der Waals surface area contributed by atoms with E-state index in [1.165, 1.54) is 0 Å². The van der Waals surface area contributed by atoms with Crippen LogP contribution in [0.3, 0.4) is 0 Å². The molecule has 0 radical (unpaired) electrons. The van der Waals surface area contributed by atoms with Crippen LogP contribution in [0.1, 0.15) is 11.3 Å². The summed E-state index contributed by atoms with van der Waals surface area (Å²) in [5.74, 6) is 0. The minimum absolute atomic E-state index is 0.130. The average Bonchev–Trinajstić information content (AvgIpc) is 2.72. The highest BCUT2D eigenvalue weighted by Gasteiger charge is 2.19. The maximum atomic E-state index is 12.2. The van der Waals surface area contributed by atoms with Gasteiger partial charge in [0.05, 0.1) is 17.9 Å². The van der Waals surface area contributed by atoms with Crippen molar-refractivity contribution in [2.75, 3.05) is 5.73 Å². The number of hydrogen-bond donors (Lipinski definition) is 2. The van der Waals surface area contributed by atoms with Gasteiger partial charge in [0.2, 0.25) is 10.0 Å². The Kier molecular flexibility index (Phi) is 3.59. The zero-order chi connectivity index (χ0) is 14.0. The molecule has 0 saturated heterocycles. The van der Waals surface area contributed by atoms with Crippen molar-refractivity contribution >= 4 is 15.7 Å². The van der Waals surface area contributed by atoms with Crippen molar-refractivity contribution in [3.8, 4) is 0 Å². The summed E-state index contributed by atoms with van der Waals surface area (Å²) in [4.78, 5) is 0.130. The molecule has 0 aliphatic rings. The molecule has 0 saturated carbocycles. The number of aromatic nitrogens is 2. The van der Waals surface area contributed by atoms with E-state index in [2.05, 4.69) is 9.82 Å². The van der Waals surface area contributed by atoms with Crippen LogP contribution in [-0.2, 0) is 23.6 Å². The van der Waals surface area contributed by atoms with Gasteiger partial charge in [-0.25, -0.2) is 13.1 Å². The number of nitrogens with two attached hydrogens (primary N) is 1. The van der Waals surface area contributed by atoms with Crippen molar-refractivity contribution in [3.63, 3.8) is 0 Å². The second-order valence-electron chi connectivity index (χ2n) is 4.30. The molecular weight excluding hydrogens is 264 g/mol. The van der Waals surface area contributed by atoms with E-state index >= 15 is 0 Å². The summed E-state index contributed by atoms with van der Waals surface area (Å²) < 4.78 is 28.6. The van der Waals surface area contributed by atoms with Crippen molar-refractivity contribution < 1.29 is 8.42 Å². The van der Waals surface area contributed by atoms with E-state index in [4.69, 9.17) is 5.73 Å².